The normalized spacial score (nSPS) is 20.8. The van der Waals surface area contributed by atoms with Crippen LogP contribution in [0.1, 0.15) is 52.0 Å². The Labute approximate surface area is 142 Å². The van der Waals surface area contributed by atoms with Crippen molar-refractivity contribution in [2.45, 2.75) is 64.1 Å². The van der Waals surface area contributed by atoms with E-state index in [0.717, 1.165) is 25.7 Å². The van der Waals surface area contributed by atoms with Crippen LogP contribution in [0.2, 0.25) is 0 Å². The Morgan fingerprint density at radius 1 is 1.25 bits per heavy atom. The molecule has 0 heterocycles. The average molecular weight is 333 g/mol. The van der Waals surface area contributed by atoms with Gasteiger partial charge in [-0.25, -0.2) is 9.18 Å². The number of hydrogen-bond donors (Lipinski definition) is 2. The number of nitriles is 1. The maximum Gasteiger partial charge on any atom is 0.407 e. The summed E-state index contributed by atoms with van der Waals surface area (Å²) in [5.74, 6) is -0.511. The summed E-state index contributed by atoms with van der Waals surface area (Å²) in [7, 11) is 0. The second-order valence-electron chi connectivity index (χ2n) is 7.15. The molecule has 0 spiro atoms. The molecular formula is C18H24FN3O2. The van der Waals surface area contributed by atoms with Gasteiger partial charge < -0.3 is 15.4 Å². The third-order valence-corrected chi connectivity index (χ3v) is 3.91. The van der Waals surface area contributed by atoms with Crippen molar-refractivity contribution in [1.82, 2.24) is 5.32 Å². The average Bonchev–Trinajstić information content (AvgIpc) is 2.47. The molecule has 1 aromatic rings. The fourth-order valence-electron chi connectivity index (χ4n) is 2.79. The number of carbonyl (C=O) groups is 1. The molecular weight excluding hydrogens is 309 g/mol. The molecule has 6 heteroatoms. The number of amides is 1. The first kappa shape index (κ1) is 18.1. The molecule has 1 amide bonds. The second-order valence-corrected chi connectivity index (χ2v) is 7.15. The number of ether oxygens (including phenoxy) is 1. The van der Waals surface area contributed by atoms with Crippen LogP contribution in [0.4, 0.5) is 14.9 Å². The Morgan fingerprint density at radius 2 is 1.88 bits per heavy atom. The first-order valence-corrected chi connectivity index (χ1v) is 8.22. The summed E-state index contributed by atoms with van der Waals surface area (Å²) in [5.41, 5.74) is 0.226. The first-order valence-electron chi connectivity index (χ1n) is 8.22. The number of rotatable bonds is 3. The van der Waals surface area contributed by atoms with E-state index in [1.54, 1.807) is 6.07 Å². The number of carbonyl (C=O) groups excluding carboxylic acids is 1. The minimum Gasteiger partial charge on any atom is -0.444 e. The third kappa shape index (κ3) is 5.41. The van der Waals surface area contributed by atoms with E-state index in [2.05, 4.69) is 10.6 Å². The molecule has 0 saturated heterocycles. The van der Waals surface area contributed by atoms with Crippen LogP contribution in [0.15, 0.2) is 18.2 Å². The molecule has 0 bridgehead atoms. The zero-order valence-electron chi connectivity index (χ0n) is 14.4. The number of benzene rings is 1. The second kappa shape index (κ2) is 7.52. The summed E-state index contributed by atoms with van der Waals surface area (Å²) < 4.78 is 18.9. The lowest BCUT2D eigenvalue weighted by Gasteiger charge is -2.31. The van der Waals surface area contributed by atoms with Crippen LogP contribution in [0, 0.1) is 17.1 Å². The van der Waals surface area contributed by atoms with E-state index in [0.29, 0.717) is 5.69 Å². The van der Waals surface area contributed by atoms with E-state index in [4.69, 9.17) is 10.00 Å². The van der Waals surface area contributed by atoms with Crippen molar-refractivity contribution in [3.63, 3.8) is 0 Å². The molecule has 2 N–H and O–H groups in total. The molecule has 2 rings (SSSR count). The SMILES string of the molecule is CC(C)(C)OC(=O)N[C@H]1CC[C@@H](Nc2ccc(C#N)c(F)c2)CC1. The lowest BCUT2D eigenvalue weighted by Crippen LogP contribution is -2.42. The molecule has 24 heavy (non-hydrogen) atoms. The predicted octanol–water partition coefficient (Wildman–Crippen LogP) is 3.95. The maximum atomic E-state index is 13.6. The fraction of sp³-hybridized carbons (Fsp3) is 0.556. The van der Waals surface area contributed by atoms with Gasteiger partial charge in [0.25, 0.3) is 0 Å². The Hall–Kier alpha value is -2.29. The molecule has 0 unspecified atom stereocenters. The van der Waals surface area contributed by atoms with Crippen LogP contribution in [0.5, 0.6) is 0 Å². The summed E-state index contributed by atoms with van der Waals surface area (Å²) in [6.45, 7) is 5.51. The van der Waals surface area contributed by atoms with Gasteiger partial charge in [0.05, 0.1) is 5.56 Å². The summed E-state index contributed by atoms with van der Waals surface area (Å²) in [6.07, 6.45) is 3.06. The van der Waals surface area contributed by atoms with E-state index in [1.807, 2.05) is 26.8 Å². The van der Waals surface area contributed by atoms with Crippen molar-refractivity contribution in [3.8, 4) is 6.07 Å². The van der Waals surface area contributed by atoms with E-state index in [-0.39, 0.29) is 23.7 Å². The van der Waals surface area contributed by atoms with Gasteiger partial charge in [-0.1, -0.05) is 0 Å². The molecule has 1 saturated carbocycles. The van der Waals surface area contributed by atoms with Gasteiger partial charge in [-0.15, -0.1) is 0 Å². The summed E-state index contributed by atoms with van der Waals surface area (Å²) in [5, 5.41) is 14.9. The third-order valence-electron chi connectivity index (χ3n) is 3.91. The predicted molar refractivity (Wildman–Crippen MR) is 90.2 cm³/mol. The van der Waals surface area contributed by atoms with Crippen molar-refractivity contribution in [2.75, 3.05) is 5.32 Å². The highest BCUT2D eigenvalue weighted by Crippen LogP contribution is 2.23. The quantitative estimate of drug-likeness (QED) is 0.878. The lowest BCUT2D eigenvalue weighted by atomic mass is 9.91. The number of anilines is 1. The smallest absolute Gasteiger partial charge is 0.407 e. The zero-order valence-corrected chi connectivity index (χ0v) is 14.4. The topological polar surface area (TPSA) is 74.2 Å². The Morgan fingerprint density at radius 3 is 2.42 bits per heavy atom. The van der Waals surface area contributed by atoms with E-state index in [9.17, 15) is 9.18 Å². The minimum atomic E-state index is -0.511. The van der Waals surface area contributed by atoms with Gasteiger partial charge >= 0.3 is 6.09 Å². The van der Waals surface area contributed by atoms with Crippen LogP contribution >= 0.6 is 0 Å². The molecule has 0 atom stereocenters. The van der Waals surface area contributed by atoms with Crippen molar-refractivity contribution in [2.24, 2.45) is 0 Å². The van der Waals surface area contributed by atoms with Crippen LogP contribution < -0.4 is 10.6 Å². The van der Waals surface area contributed by atoms with E-state index >= 15 is 0 Å². The number of halogens is 1. The standard InChI is InChI=1S/C18H24FN3O2/c1-18(2,3)24-17(23)22-14-8-6-13(7-9-14)21-15-5-4-12(11-20)16(19)10-15/h4-5,10,13-14,21H,6-9H2,1-3H3,(H,22,23)/t13-,14+. The molecule has 1 aliphatic rings. The highest BCUT2D eigenvalue weighted by Gasteiger charge is 2.24. The highest BCUT2D eigenvalue weighted by atomic mass is 19.1. The number of nitrogens with zero attached hydrogens (tertiary/aromatic N) is 1. The van der Waals surface area contributed by atoms with Gasteiger partial charge in [0.1, 0.15) is 17.5 Å². The maximum absolute atomic E-state index is 13.6. The molecule has 5 nitrogen and oxygen atoms in total. The zero-order chi connectivity index (χ0) is 17.7. The highest BCUT2D eigenvalue weighted by molar-refractivity contribution is 5.68. The number of alkyl carbamates (subject to hydrolysis) is 1. The number of hydrogen-bond acceptors (Lipinski definition) is 4. The van der Waals surface area contributed by atoms with Crippen molar-refractivity contribution >= 4 is 11.8 Å². The van der Waals surface area contributed by atoms with Crippen LogP contribution in [-0.4, -0.2) is 23.8 Å². The largest absolute Gasteiger partial charge is 0.444 e. The number of nitrogens with one attached hydrogen (secondary N) is 2. The van der Waals surface area contributed by atoms with Crippen LogP contribution in [0.3, 0.4) is 0 Å². The first-order chi connectivity index (χ1) is 11.3. The monoisotopic (exact) mass is 333 g/mol. The van der Waals surface area contributed by atoms with Crippen LogP contribution in [-0.2, 0) is 4.74 Å². The Bertz CT molecular complexity index is 626. The summed E-state index contributed by atoms with van der Waals surface area (Å²) in [6, 6.07) is 6.69. The van der Waals surface area contributed by atoms with E-state index in [1.165, 1.54) is 12.1 Å². The Balaban J connectivity index is 1.80. The summed E-state index contributed by atoms with van der Waals surface area (Å²) >= 11 is 0. The van der Waals surface area contributed by atoms with Gasteiger partial charge in [0.2, 0.25) is 0 Å². The van der Waals surface area contributed by atoms with Gasteiger partial charge in [0.15, 0.2) is 0 Å². The minimum absolute atomic E-state index is 0.0471. The molecule has 0 aliphatic heterocycles. The molecule has 0 aromatic heterocycles. The molecule has 1 aromatic carbocycles. The van der Waals surface area contributed by atoms with Gasteiger partial charge in [0, 0.05) is 17.8 Å². The molecule has 1 fully saturated rings. The van der Waals surface area contributed by atoms with Gasteiger partial charge in [-0.05, 0) is 64.7 Å². The van der Waals surface area contributed by atoms with Crippen molar-refractivity contribution < 1.29 is 13.9 Å². The molecule has 1 aliphatic carbocycles. The Kier molecular flexibility index (Phi) is 5.66. The lowest BCUT2D eigenvalue weighted by molar-refractivity contribution is 0.0492. The molecule has 0 radical (unpaired) electrons. The summed E-state index contributed by atoms with van der Waals surface area (Å²) in [4.78, 5) is 11.8. The van der Waals surface area contributed by atoms with Crippen LogP contribution in [0.25, 0.3) is 0 Å². The molecule has 130 valence electrons. The van der Waals surface area contributed by atoms with E-state index < -0.39 is 11.4 Å². The van der Waals surface area contributed by atoms with Gasteiger partial charge in [-0.3, -0.25) is 0 Å². The van der Waals surface area contributed by atoms with Gasteiger partial charge in [-0.2, -0.15) is 5.26 Å². The van der Waals surface area contributed by atoms with Crippen molar-refractivity contribution in [3.05, 3.63) is 29.6 Å². The fourth-order valence-corrected chi connectivity index (χ4v) is 2.79. The van der Waals surface area contributed by atoms with Crippen molar-refractivity contribution in [1.29, 1.82) is 5.26 Å².